The van der Waals surface area contributed by atoms with E-state index in [0.29, 0.717) is 4.75 Å². The molecule has 1 aromatic rings. The Hall–Kier alpha value is -0.550. The summed E-state index contributed by atoms with van der Waals surface area (Å²) >= 11 is 2.02. The van der Waals surface area contributed by atoms with Crippen LogP contribution in [0.2, 0.25) is 0 Å². The summed E-state index contributed by atoms with van der Waals surface area (Å²) in [6, 6.07) is 0. The van der Waals surface area contributed by atoms with Gasteiger partial charge in [0.1, 0.15) is 12.2 Å². The maximum Gasteiger partial charge on any atom is 0.146 e. The quantitative estimate of drug-likeness (QED) is 0.848. The molecule has 0 aliphatic heterocycles. The molecule has 0 bridgehead atoms. The largest absolute Gasteiger partial charge is 0.320 e. The average molecular weight is 240 g/mol. The first-order valence-electron chi connectivity index (χ1n) is 5.84. The number of aromatic nitrogens is 3. The normalized spacial score (nSPS) is 19.1. The maximum atomic E-state index is 4.07. The van der Waals surface area contributed by atoms with Gasteiger partial charge in [-0.25, -0.2) is 0 Å². The predicted molar refractivity (Wildman–Crippen MR) is 67.4 cm³/mol. The molecule has 1 fully saturated rings. The Morgan fingerprint density at radius 1 is 1.50 bits per heavy atom. The summed E-state index contributed by atoms with van der Waals surface area (Å²) in [5.74, 6) is 1.01. The Morgan fingerprint density at radius 2 is 2.25 bits per heavy atom. The smallest absolute Gasteiger partial charge is 0.146 e. The summed E-state index contributed by atoms with van der Waals surface area (Å²) in [5.41, 5.74) is 0. The van der Waals surface area contributed by atoms with Gasteiger partial charge in [0.05, 0.1) is 6.54 Å². The number of aryl methyl sites for hydroxylation is 1. The molecule has 90 valence electrons. The molecule has 1 N–H and O–H groups in total. The minimum Gasteiger partial charge on any atom is -0.320 e. The Labute approximate surface area is 101 Å². The van der Waals surface area contributed by atoms with Crippen LogP contribution in [-0.4, -0.2) is 32.3 Å². The van der Waals surface area contributed by atoms with Gasteiger partial charge in [-0.15, -0.1) is 10.2 Å². The van der Waals surface area contributed by atoms with Gasteiger partial charge in [0, 0.05) is 18.3 Å². The average Bonchev–Trinajstić information content (AvgIpc) is 2.90. The molecule has 0 amide bonds. The SMILES string of the molecule is CSC1(CNCc2nncn2C)CCCC1. The van der Waals surface area contributed by atoms with Crippen LogP contribution in [0.1, 0.15) is 31.5 Å². The molecule has 0 saturated heterocycles. The number of thioether (sulfide) groups is 1. The summed E-state index contributed by atoms with van der Waals surface area (Å²) < 4.78 is 2.44. The van der Waals surface area contributed by atoms with Crippen molar-refractivity contribution in [3.05, 3.63) is 12.2 Å². The van der Waals surface area contributed by atoms with Gasteiger partial charge in [-0.2, -0.15) is 11.8 Å². The number of hydrogen-bond donors (Lipinski definition) is 1. The zero-order valence-electron chi connectivity index (χ0n) is 10.1. The topological polar surface area (TPSA) is 42.7 Å². The van der Waals surface area contributed by atoms with Gasteiger partial charge >= 0.3 is 0 Å². The highest BCUT2D eigenvalue weighted by Gasteiger charge is 2.32. The number of hydrogen-bond acceptors (Lipinski definition) is 4. The third-order valence-electron chi connectivity index (χ3n) is 3.48. The zero-order valence-corrected chi connectivity index (χ0v) is 10.9. The molecule has 1 saturated carbocycles. The molecule has 1 heterocycles. The lowest BCUT2D eigenvalue weighted by Gasteiger charge is -2.26. The standard InChI is InChI=1S/C11H20N4S/c1-15-9-13-14-10(15)7-12-8-11(16-2)5-3-4-6-11/h9,12H,3-8H2,1-2H3. The first kappa shape index (κ1) is 11.9. The van der Waals surface area contributed by atoms with E-state index >= 15 is 0 Å². The fourth-order valence-corrected chi connectivity index (χ4v) is 3.29. The van der Waals surface area contributed by atoms with Crippen molar-refractivity contribution in [1.82, 2.24) is 20.1 Å². The summed E-state index contributed by atoms with van der Waals surface area (Å²) in [5, 5.41) is 11.5. The molecule has 0 unspecified atom stereocenters. The van der Waals surface area contributed by atoms with Crippen LogP contribution >= 0.6 is 11.8 Å². The van der Waals surface area contributed by atoms with Crippen molar-refractivity contribution >= 4 is 11.8 Å². The molecule has 1 aliphatic rings. The highest BCUT2D eigenvalue weighted by Crippen LogP contribution is 2.39. The lowest BCUT2D eigenvalue weighted by Crippen LogP contribution is -2.35. The molecule has 5 heteroatoms. The molecule has 4 nitrogen and oxygen atoms in total. The van der Waals surface area contributed by atoms with Crippen molar-refractivity contribution in [3.63, 3.8) is 0 Å². The van der Waals surface area contributed by atoms with E-state index in [1.165, 1.54) is 25.7 Å². The summed E-state index contributed by atoms with van der Waals surface area (Å²) in [7, 11) is 1.98. The maximum absolute atomic E-state index is 4.07. The van der Waals surface area contributed by atoms with Crippen LogP contribution in [-0.2, 0) is 13.6 Å². The minimum atomic E-state index is 0.471. The van der Waals surface area contributed by atoms with Crippen LogP contribution in [0.3, 0.4) is 0 Å². The van der Waals surface area contributed by atoms with Crippen molar-refractivity contribution in [2.24, 2.45) is 7.05 Å². The summed E-state index contributed by atoms with van der Waals surface area (Å²) in [4.78, 5) is 0. The fraction of sp³-hybridized carbons (Fsp3) is 0.818. The van der Waals surface area contributed by atoms with E-state index in [2.05, 4.69) is 21.8 Å². The zero-order chi connectivity index (χ0) is 11.4. The van der Waals surface area contributed by atoms with Gasteiger partial charge in [-0.1, -0.05) is 12.8 Å². The lowest BCUT2D eigenvalue weighted by atomic mass is 10.1. The Balaban J connectivity index is 1.81. The second-order valence-electron chi connectivity index (χ2n) is 4.56. The molecule has 0 atom stereocenters. The number of nitrogens with zero attached hydrogens (tertiary/aromatic N) is 3. The first-order valence-corrected chi connectivity index (χ1v) is 7.07. The van der Waals surface area contributed by atoms with Gasteiger partial charge in [-0.05, 0) is 19.1 Å². The summed E-state index contributed by atoms with van der Waals surface area (Å²) in [6.45, 7) is 1.90. The Bertz CT molecular complexity index is 330. The van der Waals surface area contributed by atoms with Crippen molar-refractivity contribution < 1.29 is 0 Å². The second-order valence-corrected chi connectivity index (χ2v) is 5.83. The first-order chi connectivity index (χ1) is 7.76. The molecule has 16 heavy (non-hydrogen) atoms. The van der Waals surface area contributed by atoms with Crippen LogP contribution in [0, 0.1) is 0 Å². The Morgan fingerprint density at radius 3 is 2.81 bits per heavy atom. The molecule has 0 aromatic carbocycles. The summed E-state index contributed by atoms with van der Waals surface area (Å²) in [6.07, 6.45) is 9.44. The Kier molecular flexibility index (Phi) is 3.86. The molecular weight excluding hydrogens is 220 g/mol. The van der Waals surface area contributed by atoms with E-state index in [-0.39, 0.29) is 0 Å². The molecule has 0 spiro atoms. The second kappa shape index (κ2) is 5.19. The van der Waals surface area contributed by atoms with E-state index in [1.54, 1.807) is 6.33 Å². The van der Waals surface area contributed by atoms with E-state index < -0.39 is 0 Å². The molecule has 2 rings (SSSR count). The van der Waals surface area contributed by atoms with Crippen LogP contribution in [0.4, 0.5) is 0 Å². The lowest BCUT2D eigenvalue weighted by molar-refractivity contribution is 0.521. The number of rotatable bonds is 5. The van der Waals surface area contributed by atoms with Crippen molar-refractivity contribution in [1.29, 1.82) is 0 Å². The third-order valence-corrected chi connectivity index (χ3v) is 4.90. The van der Waals surface area contributed by atoms with E-state index in [4.69, 9.17) is 0 Å². The van der Waals surface area contributed by atoms with Gasteiger partial charge in [-0.3, -0.25) is 0 Å². The van der Waals surface area contributed by atoms with Gasteiger partial charge in [0.25, 0.3) is 0 Å². The van der Waals surface area contributed by atoms with E-state index in [9.17, 15) is 0 Å². The van der Waals surface area contributed by atoms with E-state index in [0.717, 1.165) is 18.9 Å². The monoisotopic (exact) mass is 240 g/mol. The van der Waals surface area contributed by atoms with Crippen LogP contribution in [0.25, 0.3) is 0 Å². The van der Waals surface area contributed by atoms with Crippen LogP contribution in [0.15, 0.2) is 6.33 Å². The molecular formula is C11H20N4S. The van der Waals surface area contributed by atoms with Gasteiger partial charge in [0.2, 0.25) is 0 Å². The molecule has 1 aliphatic carbocycles. The fourth-order valence-electron chi connectivity index (χ4n) is 2.34. The van der Waals surface area contributed by atoms with Crippen molar-refractivity contribution in [2.45, 2.75) is 37.0 Å². The van der Waals surface area contributed by atoms with E-state index in [1.807, 2.05) is 23.4 Å². The highest BCUT2D eigenvalue weighted by atomic mass is 32.2. The highest BCUT2D eigenvalue weighted by molar-refractivity contribution is 8.00. The third kappa shape index (κ3) is 2.58. The molecule has 0 radical (unpaired) electrons. The van der Waals surface area contributed by atoms with Gasteiger partial charge in [0.15, 0.2) is 0 Å². The van der Waals surface area contributed by atoms with Crippen LogP contribution < -0.4 is 5.32 Å². The molecule has 1 aromatic heterocycles. The number of nitrogens with one attached hydrogen (secondary N) is 1. The van der Waals surface area contributed by atoms with Crippen molar-refractivity contribution in [3.8, 4) is 0 Å². The van der Waals surface area contributed by atoms with Crippen molar-refractivity contribution in [2.75, 3.05) is 12.8 Å². The predicted octanol–water partition coefficient (Wildman–Crippen LogP) is 1.58. The van der Waals surface area contributed by atoms with Crippen LogP contribution in [0.5, 0.6) is 0 Å². The minimum absolute atomic E-state index is 0.471. The van der Waals surface area contributed by atoms with Gasteiger partial charge < -0.3 is 9.88 Å².